The maximum Gasteiger partial charge on any atom is 0.573 e. The molecule has 0 amide bonds. The van der Waals surface area contributed by atoms with Crippen LogP contribution in [0.4, 0.5) is 18.9 Å². The number of hydrogen-bond acceptors (Lipinski definition) is 2. The lowest BCUT2D eigenvalue weighted by atomic mass is 9.85. The van der Waals surface area contributed by atoms with E-state index in [4.69, 9.17) is 0 Å². The Labute approximate surface area is 139 Å². The molecule has 1 aliphatic rings. The van der Waals surface area contributed by atoms with Crippen molar-refractivity contribution >= 4 is 5.69 Å². The third-order valence-electron chi connectivity index (χ3n) is 4.24. The van der Waals surface area contributed by atoms with E-state index in [-0.39, 0.29) is 17.2 Å². The largest absolute Gasteiger partial charge is 0.573 e. The number of anilines is 1. The summed E-state index contributed by atoms with van der Waals surface area (Å²) >= 11 is 0. The number of alkyl halides is 3. The smallest absolute Gasteiger partial charge is 0.406 e. The van der Waals surface area contributed by atoms with Gasteiger partial charge in [0.15, 0.2) is 0 Å². The van der Waals surface area contributed by atoms with Crippen molar-refractivity contribution in [2.24, 2.45) is 0 Å². The normalized spacial score (nSPS) is 17.3. The Morgan fingerprint density at radius 3 is 2.25 bits per heavy atom. The highest BCUT2D eigenvalue weighted by atomic mass is 19.4. The molecule has 1 unspecified atom stereocenters. The monoisotopic (exact) mass is 335 g/mol. The molecule has 0 radical (unpaired) electrons. The zero-order valence-corrected chi connectivity index (χ0v) is 13.9. The van der Waals surface area contributed by atoms with Crippen molar-refractivity contribution in [3.05, 3.63) is 59.2 Å². The summed E-state index contributed by atoms with van der Waals surface area (Å²) in [5.74, 6) is -0.197. The first-order valence-corrected chi connectivity index (χ1v) is 7.87. The van der Waals surface area contributed by atoms with E-state index in [2.05, 4.69) is 49.0 Å². The summed E-state index contributed by atoms with van der Waals surface area (Å²) in [4.78, 5) is 0. The van der Waals surface area contributed by atoms with Gasteiger partial charge in [-0.3, -0.25) is 0 Å². The lowest BCUT2D eigenvalue weighted by Crippen LogP contribution is -2.17. The summed E-state index contributed by atoms with van der Waals surface area (Å²) in [5, 5.41) is 3.43. The van der Waals surface area contributed by atoms with E-state index in [1.807, 2.05) is 0 Å². The zero-order valence-electron chi connectivity index (χ0n) is 13.9. The fourth-order valence-electron chi connectivity index (χ4n) is 2.93. The van der Waals surface area contributed by atoms with Crippen LogP contribution < -0.4 is 10.1 Å². The van der Waals surface area contributed by atoms with Gasteiger partial charge < -0.3 is 10.1 Å². The van der Waals surface area contributed by atoms with Crippen LogP contribution in [-0.2, 0) is 11.8 Å². The Kier molecular flexibility index (Phi) is 3.98. The van der Waals surface area contributed by atoms with E-state index < -0.39 is 6.36 Å². The second kappa shape index (κ2) is 5.72. The third-order valence-corrected chi connectivity index (χ3v) is 4.24. The van der Waals surface area contributed by atoms with Gasteiger partial charge >= 0.3 is 6.36 Å². The number of hydrogen-bond donors (Lipinski definition) is 1. The predicted molar refractivity (Wildman–Crippen MR) is 88.3 cm³/mol. The average molecular weight is 335 g/mol. The molecule has 1 heterocycles. The second-order valence-electron chi connectivity index (χ2n) is 7.14. The number of ether oxygens (including phenoxy) is 1. The first kappa shape index (κ1) is 16.7. The van der Waals surface area contributed by atoms with Crippen molar-refractivity contribution in [2.45, 2.75) is 45.0 Å². The molecule has 0 fully saturated rings. The van der Waals surface area contributed by atoms with Gasteiger partial charge in [0.1, 0.15) is 5.75 Å². The number of nitrogens with one attached hydrogen (secondary N) is 1. The molecular formula is C19H20F3NO. The fraction of sp³-hybridized carbons (Fsp3) is 0.368. The maximum atomic E-state index is 12.2. The molecule has 2 aromatic carbocycles. The van der Waals surface area contributed by atoms with E-state index in [1.54, 1.807) is 12.1 Å². The first-order chi connectivity index (χ1) is 11.1. The average Bonchev–Trinajstić information content (AvgIpc) is 2.88. The lowest BCUT2D eigenvalue weighted by molar-refractivity contribution is -0.274. The molecule has 0 saturated carbocycles. The van der Waals surface area contributed by atoms with E-state index in [1.165, 1.54) is 23.3 Å². The summed E-state index contributed by atoms with van der Waals surface area (Å²) in [5.41, 5.74) is 4.63. The Balaban J connectivity index is 1.76. The first-order valence-electron chi connectivity index (χ1n) is 7.87. The van der Waals surface area contributed by atoms with Gasteiger partial charge in [-0.15, -0.1) is 13.2 Å². The van der Waals surface area contributed by atoms with Gasteiger partial charge in [0.2, 0.25) is 0 Å². The molecule has 0 aliphatic carbocycles. The van der Waals surface area contributed by atoms with Crippen molar-refractivity contribution in [1.29, 1.82) is 0 Å². The number of rotatable bonds is 2. The van der Waals surface area contributed by atoms with Crippen LogP contribution in [0, 0.1) is 0 Å². The molecule has 1 atom stereocenters. The minimum absolute atomic E-state index is 0.0650. The Bertz CT molecular complexity index is 730. The molecule has 1 aliphatic heterocycles. The molecule has 2 aromatic rings. The maximum absolute atomic E-state index is 12.2. The van der Waals surface area contributed by atoms with Crippen LogP contribution in [0.25, 0.3) is 0 Å². The van der Waals surface area contributed by atoms with Crippen LogP contribution in [-0.4, -0.2) is 6.36 Å². The summed E-state index contributed by atoms with van der Waals surface area (Å²) < 4.78 is 40.6. The summed E-state index contributed by atoms with van der Waals surface area (Å²) in [6, 6.07) is 12.5. The van der Waals surface area contributed by atoms with Crippen molar-refractivity contribution in [2.75, 3.05) is 5.32 Å². The topological polar surface area (TPSA) is 21.3 Å². The van der Waals surface area contributed by atoms with E-state index in [0.717, 1.165) is 17.7 Å². The minimum Gasteiger partial charge on any atom is -0.406 e. The van der Waals surface area contributed by atoms with Crippen molar-refractivity contribution in [3.8, 4) is 5.75 Å². The molecule has 5 heteroatoms. The van der Waals surface area contributed by atoms with Gasteiger partial charge in [-0.25, -0.2) is 0 Å². The number of fused-ring (bicyclic) bond motifs is 1. The second-order valence-corrected chi connectivity index (χ2v) is 7.14. The molecule has 2 nitrogen and oxygen atoms in total. The molecule has 1 N–H and O–H groups in total. The zero-order chi connectivity index (χ0) is 17.5. The summed E-state index contributed by atoms with van der Waals surface area (Å²) in [6.07, 6.45) is -3.84. The molecule has 0 aromatic heterocycles. The SMILES string of the molecule is CC(C)(C)c1ccc2c(c1)CC(c1ccc(OC(F)(F)F)cc1)N2. The molecule has 0 saturated heterocycles. The Morgan fingerprint density at radius 2 is 1.67 bits per heavy atom. The van der Waals surface area contributed by atoms with Gasteiger partial charge in [-0.05, 0) is 46.7 Å². The number of benzene rings is 2. The summed E-state index contributed by atoms with van der Waals surface area (Å²) in [7, 11) is 0. The van der Waals surface area contributed by atoms with Gasteiger partial charge in [0.25, 0.3) is 0 Å². The molecule has 3 rings (SSSR count). The molecule has 0 bridgehead atoms. The van der Waals surface area contributed by atoms with Crippen molar-refractivity contribution in [3.63, 3.8) is 0 Å². The molecule has 24 heavy (non-hydrogen) atoms. The molecular weight excluding hydrogens is 315 g/mol. The van der Waals surface area contributed by atoms with Crippen LogP contribution >= 0.6 is 0 Å². The Hall–Kier alpha value is -2.17. The third kappa shape index (κ3) is 3.66. The fourth-order valence-corrected chi connectivity index (χ4v) is 2.93. The predicted octanol–water partition coefficient (Wildman–Crippen LogP) is 5.59. The van der Waals surface area contributed by atoms with Gasteiger partial charge in [-0.2, -0.15) is 0 Å². The van der Waals surface area contributed by atoms with Crippen LogP contribution in [0.1, 0.15) is 43.5 Å². The quantitative estimate of drug-likeness (QED) is 0.772. The lowest BCUT2D eigenvalue weighted by Gasteiger charge is -2.19. The van der Waals surface area contributed by atoms with Gasteiger partial charge in [-0.1, -0.05) is 45.0 Å². The Morgan fingerprint density at radius 1 is 1.00 bits per heavy atom. The van der Waals surface area contributed by atoms with E-state index >= 15 is 0 Å². The van der Waals surface area contributed by atoms with Gasteiger partial charge in [0, 0.05) is 5.69 Å². The highest BCUT2D eigenvalue weighted by molar-refractivity contribution is 5.60. The van der Waals surface area contributed by atoms with Crippen LogP contribution in [0.3, 0.4) is 0 Å². The van der Waals surface area contributed by atoms with Gasteiger partial charge in [0.05, 0.1) is 6.04 Å². The standard InChI is InChI=1S/C19H20F3NO/c1-18(2,3)14-6-9-16-13(10-14)11-17(23-16)12-4-7-15(8-5-12)24-19(20,21)22/h4-10,17,23H,11H2,1-3H3. The van der Waals surface area contributed by atoms with E-state index in [9.17, 15) is 13.2 Å². The minimum atomic E-state index is -4.66. The van der Waals surface area contributed by atoms with Crippen molar-refractivity contribution in [1.82, 2.24) is 0 Å². The summed E-state index contributed by atoms with van der Waals surface area (Å²) in [6.45, 7) is 6.52. The van der Waals surface area contributed by atoms with E-state index in [0.29, 0.717) is 0 Å². The molecule has 128 valence electrons. The van der Waals surface area contributed by atoms with Crippen LogP contribution in [0.15, 0.2) is 42.5 Å². The van der Waals surface area contributed by atoms with Crippen molar-refractivity contribution < 1.29 is 17.9 Å². The van der Waals surface area contributed by atoms with Crippen LogP contribution in [0.2, 0.25) is 0 Å². The molecule has 0 spiro atoms. The number of halogens is 3. The van der Waals surface area contributed by atoms with Crippen LogP contribution in [0.5, 0.6) is 5.75 Å². The highest BCUT2D eigenvalue weighted by Gasteiger charge is 2.31. The highest BCUT2D eigenvalue weighted by Crippen LogP contribution is 2.37.